The van der Waals surface area contributed by atoms with Gasteiger partial charge in [-0.15, -0.1) is 0 Å². The van der Waals surface area contributed by atoms with Crippen molar-refractivity contribution < 1.29 is 14.3 Å². The van der Waals surface area contributed by atoms with Crippen LogP contribution in [0.3, 0.4) is 0 Å². The fourth-order valence-electron chi connectivity index (χ4n) is 3.21. The molecule has 3 N–H and O–H groups in total. The average Bonchev–Trinajstić information content (AvgIpc) is 2.95. The van der Waals surface area contributed by atoms with Gasteiger partial charge in [0, 0.05) is 36.7 Å². The first kappa shape index (κ1) is 16.9. The molecule has 130 valence electrons. The van der Waals surface area contributed by atoms with Crippen molar-refractivity contribution in [2.45, 2.75) is 31.8 Å². The number of amides is 1. The largest absolute Gasteiger partial charge is 0.393 e. The fourth-order valence-corrected chi connectivity index (χ4v) is 3.21. The molecule has 0 radical (unpaired) electrons. The van der Waals surface area contributed by atoms with Crippen molar-refractivity contribution in [2.24, 2.45) is 0 Å². The minimum absolute atomic E-state index is 0.0470. The fraction of sp³-hybridized carbons (Fsp3) is 0.500. The molecule has 1 aliphatic rings. The molecule has 1 saturated heterocycles. The first-order valence-electron chi connectivity index (χ1n) is 8.54. The van der Waals surface area contributed by atoms with Crippen LogP contribution in [-0.4, -0.2) is 53.2 Å². The van der Waals surface area contributed by atoms with Gasteiger partial charge in [-0.1, -0.05) is 0 Å². The molecule has 0 saturated carbocycles. The Bertz CT molecular complexity index is 693. The van der Waals surface area contributed by atoms with E-state index in [0.29, 0.717) is 6.54 Å². The van der Waals surface area contributed by atoms with Gasteiger partial charge in [0.1, 0.15) is 5.82 Å². The van der Waals surface area contributed by atoms with Gasteiger partial charge in [-0.25, -0.2) is 4.39 Å². The molecule has 5 nitrogen and oxygen atoms in total. The van der Waals surface area contributed by atoms with Gasteiger partial charge in [0.2, 0.25) is 5.91 Å². The highest BCUT2D eigenvalue weighted by molar-refractivity contribution is 5.88. The van der Waals surface area contributed by atoms with Gasteiger partial charge >= 0.3 is 0 Å². The van der Waals surface area contributed by atoms with Crippen LogP contribution in [0.25, 0.3) is 10.9 Å². The minimum atomic E-state index is -0.296. The second-order valence-electron chi connectivity index (χ2n) is 6.46. The number of halogens is 1. The van der Waals surface area contributed by atoms with E-state index in [4.69, 9.17) is 0 Å². The highest BCUT2D eigenvalue weighted by Crippen LogP contribution is 2.19. The molecule has 3 rings (SSSR count). The molecular formula is C18H24FN3O2. The number of fused-ring (bicyclic) bond motifs is 1. The van der Waals surface area contributed by atoms with E-state index < -0.39 is 0 Å². The molecule has 0 unspecified atom stereocenters. The van der Waals surface area contributed by atoms with Crippen molar-refractivity contribution in [3.8, 4) is 0 Å². The number of carbonyl (C=O) groups excluding carboxylic acids is 1. The number of H-pyrrole nitrogens is 1. The molecule has 6 heteroatoms. The van der Waals surface area contributed by atoms with E-state index >= 15 is 0 Å². The maximum Gasteiger partial charge on any atom is 0.224 e. The standard InChI is InChI=1S/C18H24FN3O2/c19-14-2-3-17-16(11-14)13(12-21-17)10-18(24)20-6-1-7-22-8-4-15(23)5-9-22/h2-3,11-12,15,21,23H,1,4-10H2,(H,20,24). The summed E-state index contributed by atoms with van der Waals surface area (Å²) in [6.45, 7) is 3.42. The Kier molecular flexibility index (Phi) is 5.48. The SMILES string of the molecule is O=C(Cc1c[nH]c2ccc(F)cc12)NCCCN1CCC(O)CC1. The van der Waals surface area contributed by atoms with E-state index in [-0.39, 0.29) is 24.2 Å². The van der Waals surface area contributed by atoms with Crippen LogP contribution in [0.2, 0.25) is 0 Å². The van der Waals surface area contributed by atoms with Crippen LogP contribution < -0.4 is 5.32 Å². The van der Waals surface area contributed by atoms with Crippen molar-refractivity contribution in [1.29, 1.82) is 0 Å². The summed E-state index contributed by atoms with van der Waals surface area (Å²) in [6, 6.07) is 4.54. The third kappa shape index (κ3) is 4.33. The zero-order valence-corrected chi connectivity index (χ0v) is 13.7. The van der Waals surface area contributed by atoms with Gasteiger partial charge in [-0.05, 0) is 49.6 Å². The number of aromatic amines is 1. The number of hydrogen-bond acceptors (Lipinski definition) is 3. The Balaban J connectivity index is 1.41. The van der Waals surface area contributed by atoms with Gasteiger partial charge in [-0.2, -0.15) is 0 Å². The number of aliphatic hydroxyl groups excluding tert-OH is 1. The lowest BCUT2D eigenvalue weighted by Gasteiger charge is -2.29. The average molecular weight is 333 g/mol. The number of hydrogen-bond donors (Lipinski definition) is 3. The Labute approximate surface area is 140 Å². The molecule has 24 heavy (non-hydrogen) atoms. The number of aliphatic hydroxyl groups is 1. The van der Waals surface area contributed by atoms with Crippen molar-refractivity contribution in [3.05, 3.63) is 35.8 Å². The Morgan fingerprint density at radius 2 is 2.17 bits per heavy atom. The molecule has 2 heterocycles. The lowest BCUT2D eigenvalue weighted by molar-refractivity contribution is -0.120. The number of carbonyl (C=O) groups is 1. The molecule has 0 spiro atoms. The third-order valence-electron chi connectivity index (χ3n) is 4.61. The highest BCUT2D eigenvalue weighted by atomic mass is 19.1. The number of benzene rings is 1. The predicted molar refractivity (Wildman–Crippen MR) is 91.3 cm³/mol. The zero-order valence-electron chi connectivity index (χ0n) is 13.7. The highest BCUT2D eigenvalue weighted by Gasteiger charge is 2.16. The van der Waals surface area contributed by atoms with E-state index in [1.54, 1.807) is 12.3 Å². The molecule has 2 aromatic rings. The number of likely N-dealkylation sites (tertiary alicyclic amines) is 1. The molecule has 1 amide bonds. The molecule has 1 aromatic carbocycles. The molecule has 1 fully saturated rings. The van der Waals surface area contributed by atoms with Crippen molar-refractivity contribution in [2.75, 3.05) is 26.2 Å². The van der Waals surface area contributed by atoms with E-state index in [0.717, 1.165) is 55.4 Å². The molecule has 1 aliphatic heterocycles. The van der Waals surface area contributed by atoms with Crippen LogP contribution in [-0.2, 0) is 11.2 Å². The van der Waals surface area contributed by atoms with Crippen LogP contribution >= 0.6 is 0 Å². The van der Waals surface area contributed by atoms with Crippen LogP contribution in [0.1, 0.15) is 24.8 Å². The van der Waals surface area contributed by atoms with E-state index in [2.05, 4.69) is 15.2 Å². The first-order chi connectivity index (χ1) is 11.6. The lowest BCUT2D eigenvalue weighted by atomic mass is 10.1. The van der Waals surface area contributed by atoms with Crippen molar-refractivity contribution >= 4 is 16.8 Å². The van der Waals surface area contributed by atoms with Crippen LogP contribution in [0.5, 0.6) is 0 Å². The third-order valence-corrected chi connectivity index (χ3v) is 4.61. The maximum absolute atomic E-state index is 13.3. The van der Waals surface area contributed by atoms with E-state index in [1.807, 2.05) is 0 Å². The summed E-state index contributed by atoms with van der Waals surface area (Å²) in [5.74, 6) is -0.343. The summed E-state index contributed by atoms with van der Waals surface area (Å²) < 4.78 is 13.3. The summed E-state index contributed by atoms with van der Waals surface area (Å²) in [5.41, 5.74) is 1.65. The number of piperidine rings is 1. The normalized spacial score (nSPS) is 16.6. The summed E-state index contributed by atoms with van der Waals surface area (Å²) in [6.07, 6.45) is 4.43. The Morgan fingerprint density at radius 3 is 2.96 bits per heavy atom. The predicted octanol–water partition coefficient (Wildman–Crippen LogP) is 1.81. The zero-order chi connectivity index (χ0) is 16.9. The Morgan fingerprint density at radius 1 is 1.38 bits per heavy atom. The lowest BCUT2D eigenvalue weighted by Crippen LogP contribution is -2.37. The molecular weight excluding hydrogens is 309 g/mol. The van der Waals surface area contributed by atoms with Crippen LogP contribution in [0.4, 0.5) is 4.39 Å². The van der Waals surface area contributed by atoms with Gasteiger partial charge in [0.25, 0.3) is 0 Å². The van der Waals surface area contributed by atoms with Crippen LogP contribution in [0.15, 0.2) is 24.4 Å². The van der Waals surface area contributed by atoms with Gasteiger partial charge in [0.05, 0.1) is 12.5 Å². The number of rotatable bonds is 6. The molecule has 0 atom stereocenters. The molecule has 0 aliphatic carbocycles. The van der Waals surface area contributed by atoms with Gasteiger partial charge in [0.15, 0.2) is 0 Å². The van der Waals surface area contributed by atoms with Crippen LogP contribution in [0, 0.1) is 5.82 Å². The number of nitrogens with zero attached hydrogens (tertiary/aromatic N) is 1. The summed E-state index contributed by atoms with van der Waals surface area (Å²) in [5, 5.41) is 13.2. The summed E-state index contributed by atoms with van der Waals surface area (Å²) in [7, 11) is 0. The van der Waals surface area contributed by atoms with Crippen molar-refractivity contribution in [3.63, 3.8) is 0 Å². The first-order valence-corrected chi connectivity index (χ1v) is 8.54. The summed E-state index contributed by atoms with van der Waals surface area (Å²) in [4.78, 5) is 17.4. The quantitative estimate of drug-likeness (QED) is 0.706. The summed E-state index contributed by atoms with van der Waals surface area (Å²) >= 11 is 0. The molecule has 1 aromatic heterocycles. The number of aromatic nitrogens is 1. The monoisotopic (exact) mass is 333 g/mol. The van der Waals surface area contributed by atoms with Gasteiger partial charge in [-0.3, -0.25) is 4.79 Å². The topological polar surface area (TPSA) is 68.4 Å². The van der Waals surface area contributed by atoms with E-state index in [9.17, 15) is 14.3 Å². The maximum atomic E-state index is 13.3. The Hall–Kier alpha value is -1.92. The minimum Gasteiger partial charge on any atom is -0.393 e. The smallest absolute Gasteiger partial charge is 0.224 e. The van der Waals surface area contributed by atoms with Crippen molar-refractivity contribution in [1.82, 2.24) is 15.2 Å². The number of nitrogens with one attached hydrogen (secondary N) is 2. The van der Waals surface area contributed by atoms with E-state index in [1.165, 1.54) is 12.1 Å². The molecule has 0 bridgehead atoms. The van der Waals surface area contributed by atoms with Gasteiger partial charge < -0.3 is 20.3 Å². The second kappa shape index (κ2) is 7.77. The second-order valence-corrected chi connectivity index (χ2v) is 6.46.